The molecule has 0 radical (unpaired) electrons. The van der Waals surface area contributed by atoms with Gasteiger partial charge < -0.3 is 19.7 Å². The molecule has 1 saturated heterocycles. The lowest BCUT2D eigenvalue weighted by Crippen LogP contribution is -2.34. The van der Waals surface area contributed by atoms with E-state index < -0.39 is 24.5 Å². The van der Waals surface area contributed by atoms with Gasteiger partial charge >= 0.3 is 0 Å². The minimum Gasteiger partial charge on any atom is -0.394 e. The van der Waals surface area contributed by atoms with Gasteiger partial charge in [0.2, 0.25) is 0 Å². The summed E-state index contributed by atoms with van der Waals surface area (Å²) in [5.41, 5.74) is 0.914. The van der Waals surface area contributed by atoms with Crippen LogP contribution in [0.4, 0.5) is 0 Å². The lowest BCUT2D eigenvalue weighted by molar-refractivity contribution is -0.0583. The maximum Gasteiger partial charge on any atom is 0.167 e. The summed E-state index contributed by atoms with van der Waals surface area (Å²) in [5, 5.41) is 19.5. The van der Waals surface area contributed by atoms with Crippen LogP contribution < -0.4 is 0 Å². The number of hydrogen-bond donors (Lipinski definition) is 2. The topological polar surface area (TPSA) is 103 Å². The molecule has 0 amide bonds. The van der Waals surface area contributed by atoms with Crippen LogP contribution in [0.3, 0.4) is 0 Å². The maximum atomic E-state index is 10.0. The normalized spacial score (nSPS) is 30.2. The number of aliphatic hydroxyl groups is 2. The molecule has 0 aliphatic carbocycles. The van der Waals surface area contributed by atoms with Crippen molar-refractivity contribution in [3.05, 3.63) is 17.8 Å². The first-order valence-electron chi connectivity index (χ1n) is 5.97. The molecule has 4 atom stereocenters. The Labute approximate surface area is 118 Å². The molecule has 0 bridgehead atoms. The zero-order chi connectivity index (χ0) is 14.3. The first kappa shape index (κ1) is 13.7. The van der Waals surface area contributed by atoms with Crippen molar-refractivity contribution in [2.75, 3.05) is 13.7 Å². The van der Waals surface area contributed by atoms with Gasteiger partial charge in [-0.1, -0.05) is 11.6 Å². The standard InChI is InChI=1S/C11H13ClN4O4/c1-19-8-7(18)5(2-17)20-11(8)16-4-15-6-9(12)13-3-14-10(6)16/h3-5,7-8,11,17-18H,2H2,1H3/t5-,7-,8-,11-/m1/s1. The van der Waals surface area contributed by atoms with Gasteiger partial charge in [-0.25, -0.2) is 15.0 Å². The molecule has 8 nitrogen and oxygen atoms in total. The zero-order valence-electron chi connectivity index (χ0n) is 10.5. The Morgan fingerprint density at radius 3 is 2.95 bits per heavy atom. The Morgan fingerprint density at radius 1 is 1.45 bits per heavy atom. The minimum atomic E-state index is -0.940. The predicted molar refractivity (Wildman–Crippen MR) is 68.1 cm³/mol. The highest BCUT2D eigenvalue weighted by molar-refractivity contribution is 6.33. The van der Waals surface area contributed by atoms with E-state index in [2.05, 4.69) is 15.0 Å². The molecular formula is C11H13ClN4O4. The lowest BCUT2D eigenvalue weighted by atomic mass is 10.1. The average molecular weight is 301 g/mol. The van der Waals surface area contributed by atoms with E-state index in [-0.39, 0.29) is 11.8 Å². The molecule has 1 aliphatic rings. The van der Waals surface area contributed by atoms with Gasteiger partial charge in [-0.05, 0) is 0 Å². The molecule has 1 fully saturated rings. The van der Waals surface area contributed by atoms with Crippen molar-refractivity contribution < 1.29 is 19.7 Å². The number of halogens is 1. The number of imidazole rings is 1. The van der Waals surface area contributed by atoms with Gasteiger partial charge in [0.1, 0.15) is 30.2 Å². The molecule has 3 rings (SSSR count). The number of aliphatic hydroxyl groups excluding tert-OH is 2. The number of aromatic nitrogens is 4. The summed E-state index contributed by atoms with van der Waals surface area (Å²) in [7, 11) is 1.46. The van der Waals surface area contributed by atoms with Crippen LogP contribution in [0.2, 0.25) is 5.15 Å². The second kappa shape index (κ2) is 5.23. The fraction of sp³-hybridized carbons (Fsp3) is 0.545. The highest BCUT2D eigenvalue weighted by atomic mass is 35.5. The van der Waals surface area contributed by atoms with Crippen molar-refractivity contribution in [1.29, 1.82) is 0 Å². The van der Waals surface area contributed by atoms with Crippen LogP contribution in [-0.4, -0.2) is 61.8 Å². The van der Waals surface area contributed by atoms with Gasteiger partial charge in [0, 0.05) is 7.11 Å². The Hall–Kier alpha value is -1.32. The number of nitrogens with zero attached hydrogens (tertiary/aromatic N) is 4. The van der Waals surface area contributed by atoms with Crippen LogP contribution >= 0.6 is 11.6 Å². The Balaban J connectivity index is 2.04. The number of fused-ring (bicyclic) bond motifs is 1. The summed E-state index contributed by atoms with van der Waals surface area (Å²) in [6, 6.07) is 0. The van der Waals surface area contributed by atoms with E-state index >= 15 is 0 Å². The molecule has 2 N–H and O–H groups in total. The van der Waals surface area contributed by atoms with E-state index in [0.29, 0.717) is 11.2 Å². The van der Waals surface area contributed by atoms with Gasteiger partial charge in [-0.15, -0.1) is 0 Å². The van der Waals surface area contributed by atoms with Crippen molar-refractivity contribution in [1.82, 2.24) is 19.5 Å². The van der Waals surface area contributed by atoms with E-state index in [0.717, 1.165) is 0 Å². The van der Waals surface area contributed by atoms with Gasteiger partial charge in [0.05, 0.1) is 12.9 Å². The van der Waals surface area contributed by atoms with Crippen LogP contribution in [0.5, 0.6) is 0 Å². The molecule has 2 aromatic rings. The van der Waals surface area contributed by atoms with Gasteiger partial charge in [0.15, 0.2) is 17.0 Å². The molecule has 0 unspecified atom stereocenters. The molecule has 1 aliphatic heterocycles. The van der Waals surface area contributed by atoms with Crippen molar-refractivity contribution >= 4 is 22.8 Å². The van der Waals surface area contributed by atoms with Gasteiger partial charge in [-0.3, -0.25) is 4.57 Å². The molecule has 20 heavy (non-hydrogen) atoms. The van der Waals surface area contributed by atoms with Crippen LogP contribution in [-0.2, 0) is 9.47 Å². The Morgan fingerprint density at radius 2 is 2.25 bits per heavy atom. The maximum absolute atomic E-state index is 10.0. The number of ether oxygens (including phenoxy) is 2. The molecular weight excluding hydrogens is 288 g/mol. The number of rotatable bonds is 3. The Bertz CT molecular complexity index is 621. The van der Waals surface area contributed by atoms with Crippen LogP contribution in [0.15, 0.2) is 12.7 Å². The minimum absolute atomic E-state index is 0.236. The zero-order valence-corrected chi connectivity index (χ0v) is 11.3. The number of hydrogen-bond acceptors (Lipinski definition) is 7. The molecule has 0 aromatic carbocycles. The van der Waals surface area contributed by atoms with Gasteiger partial charge in [-0.2, -0.15) is 0 Å². The quantitative estimate of drug-likeness (QED) is 0.753. The predicted octanol–water partition coefficient (Wildman–Crippen LogP) is -0.255. The third kappa shape index (κ3) is 1.97. The highest BCUT2D eigenvalue weighted by Gasteiger charge is 2.45. The van der Waals surface area contributed by atoms with Gasteiger partial charge in [0.25, 0.3) is 0 Å². The van der Waals surface area contributed by atoms with Crippen molar-refractivity contribution in [3.8, 4) is 0 Å². The lowest BCUT2D eigenvalue weighted by Gasteiger charge is -2.19. The van der Waals surface area contributed by atoms with E-state index in [9.17, 15) is 10.2 Å². The van der Waals surface area contributed by atoms with Crippen molar-refractivity contribution in [3.63, 3.8) is 0 Å². The van der Waals surface area contributed by atoms with E-state index in [1.165, 1.54) is 19.8 Å². The van der Waals surface area contributed by atoms with Crippen LogP contribution in [0, 0.1) is 0 Å². The summed E-state index contributed by atoms with van der Waals surface area (Å²) in [4.78, 5) is 12.1. The van der Waals surface area contributed by atoms with Crippen LogP contribution in [0.25, 0.3) is 11.2 Å². The molecule has 0 spiro atoms. The molecule has 3 heterocycles. The molecule has 0 saturated carbocycles. The largest absolute Gasteiger partial charge is 0.394 e. The van der Waals surface area contributed by atoms with Crippen molar-refractivity contribution in [2.45, 2.75) is 24.5 Å². The summed E-state index contributed by atoms with van der Waals surface area (Å²) < 4.78 is 12.5. The summed E-state index contributed by atoms with van der Waals surface area (Å²) in [6.45, 7) is -0.306. The van der Waals surface area contributed by atoms with E-state index in [1.807, 2.05) is 0 Å². The molecule has 2 aromatic heterocycles. The average Bonchev–Trinajstić information content (AvgIpc) is 3.00. The van der Waals surface area contributed by atoms with E-state index in [4.69, 9.17) is 21.1 Å². The SMILES string of the molecule is CO[C@@H]1[C@H](O)[C@@H](CO)O[C@H]1n1cnc2c(Cl)ncnc21. The van der Waals surface area contributed by atoms with Crippen molar-refractivity contribution in [2.24, 2.45) is 0 Å². The third-order valence-electron chi connectivity index (χ3n) is 3.35. The van der Waals surface area contributed by atoms with Crippen LogP contribution in [0.1, 0.15) is 6.23 Å². The second-order valence-corrected chi connectivity index (χ2v) is 4.79. The first-order chi connectivity index (χ1) is 9.67. The fourth-order valence-corrected chi connectivity index (χ4v) is 2.53. The summed E-state index contributed by atoms with van der Waals surface area (Å²) in [5.74, 6) is 0. The monoisotopic (exact) mass is 300 g/mol. The first-order valence-corrected chi connectivity index (χ1v) is 6.35. The number of methoxy groups -OCH3 is 1. The molecule has 9 heteroatoms. The summed E-state index contributed by atoms with van der Waals surface area (Å²) in [6.07, 6.45) is -0.139. The van der Waals surface area contributed by atoms with E-state index in [1.54, 1.807) is 4.57 Å². The smallest absolute Gasteiger partial charge is 0.167 e. The fourth-order valence-electron chi connectivity index (χ4n) is 2.36. The molecule has 108 valence electrons. The third-order valence-corrected chi connectivity index (χ3v) is 3.63. The highest BCUT2D eigenvalue weighted by Crippen LogP contribution is 2.33. The second-order valence-electron chi connectivity index (χ2n) is 4.43. The Kier molecular flexibility index (Phi) is 3.57. The summed E-state index contributed by atoms with van der Waals surface area (Å²) >= 11 is 5.94.